The number of rotatable bonds is 1. The van der Waals surface area contributed by atoms with Crippen LogP contribution in [0.2, 0.25) is 0 Å². The fraction of sp³-hybridized carbons (Fsp3) is 0.125. The summed E-state index contributed by atoms with van der Waals surface area (Å²) in [5.74, 6) is 0. The van der Waals surface area contributed by atoms with E-state index < -0.39 is 0 Å². The number of aromatic nitrogens is 2. The molecule has 0 radical (unpaired) electrons. The van der Waals surface area contributed by atoms with Gasteiger partial charge in [0.25, 0.3) is 0 Å². The lowest BCUT2D eigenvalue weighted by molar-refractivity contribution is 0.909. The minimum absolute atomic E-state index is 0.839. The number of alkyl halides is 1. The number of fused-ring (bicyclic) bond motifs is 1. The maximum absolute atomic E-state index is 4.18. The Morgan fingerprint density at radius 1 is 1.36 bits per heavy atom. The van der Waals surface area contributed by atoms with E-state index >= 15 is 0 Å². The monoisotopic (exact) mass is 210 g/mol. The highest BCUT2D eigenvalue weighted by atomic mass is 79.9. The molecule has 0 atom stereocenters. The average molecular weight is 211 g/mol. The van der Waals surface area contributed by atoms with Gasteiger partial charge in [-0.3, -0.25) is 0 Å². The summed E-state index contributed by atoms with van der Waals surface area (Å²) in [5.41, 5.74) is 2.31. The molecule has 0 aromatic carbocycles. The number of hydrogen-bond acceptors (Lipinski definition) is 1. The highest BCUT2D eigenvalue weighted by Gasteiger charge is 1.96. The van der Waals surface area contributed by atoms with Gasteiger partial charge in [0, 0.05) is 11.5 Å². The van der Waals surface area contributed by atoms with Crippen LogP contribution in [0.3, 0.4) is 0 Å². The van der Waals surface area contributed by atoms with Crippen LogP contribution in [0.5, 0.6) is 0 Å². The summed E-state index contributed by atoms with van der Waals surface area (Å²) in [7, 11) is 0. The van der Waals surface area contributed by atoms with E-state index in [1.807, 2.05) is 28.9 Å². The lowest BCUT2D eigenvalue weighted by Crippen LogP contribution is -1.93. The molecule has 0 amide bonds. The molecule has 0 aliphatic carbocycles. The lowest BCUT2D eigenvalue weighted by Gasteiger charge is -1.98. The Morgan fingerprint density at radius 3 is 3.09 bits per heavy atom. The molecule has 2 aromatic heterocycles. The molecular weight excluding hydrogens is 204 g/mol. The molecular formula is C8H7BrN2. The van der Waals surface area contributed by atoms with Crippen molar-refractivity contribution in [3.05, 3.63) is 36.2 Å². The fourth-order valence-electron chi connectivity index (χ4n) is 1.11. The molecule has 0 spiro atoms. The third-order valence-corrected chi connectivity index (χ3v) is 2.21. The van der Waals surface area contributed by atoms with Crippen molar-refractivity contribution in [1.82, 2.24) is 9.61 Å². The van der Waals surface area contributed by atoms with Crippen LogP contribution < -0.4 is 0 Å². The first-order valence-corrected chi connectivity index (χ1v) is 4.51. The third kappa shape index (κ3) is 1.05. The van der Waals surface area contributed by atoms with Crippen molar-refractivity contribution in [3.8, 4) is 0 Å². The van der Waals surface area contributed by atoms with Crippen LogP contribution in [0, 0.1) is 0 Å². The third-order valence-electron chi connectivity index (χ3n) is 1.64. The Labute approximate surface area is 73.0 Å². The van der Waals surface area contributed by atoms with Crippen molar-refractivity contribution in [1.29, 1.82) is 0 Å². The van der Waals surface area contributed by atoms with Crippen molar-refractivity contribution in [2.24, 2.45) is 0 Å². The van der Waals surface area contributed by atoms with Gasteiger partial charge >= 0.3 is 0 Å². The van der Waals surface area contributed by atoms with Gasteiger partial charge < -0.3 is 0 Å². The van der Waals surface area contributed by atoms with Crippen molar-refractivity contribution < 1.29 is 0 Å². The van der Waals surface area contributed by atoms with E-state index in [1.54, 1.807) is 0 Å². The lowest BCUT2D eigenvalue weighted by atomic mass is 10.3. The van der Waals surface area contributed by atoms with Gasteiger partial charge in [-0.1, -0.05) is 22.0 Å². The van der Waals surface area contributed by atoms with Gasteiger partial charge in [-0.05, 0) is 18.2 Å². The topological polar surface area (TPSA) is 17.3 Å². The van der Waals surface area contributed by atoms with E-state index in [0.29, 0.717) is 0 Å². The summed E-state index contributed by atoms with van der Waals surface area (Å²) in [5, 5.41) is 5.02. The first-order valence-electron chi connectivity index (χ1n) is 3.39. The van der Waals surface area contributed by atoms with Crippen molar-refractivity contribution in [2.45, 2.75) is 5.33 Å². The Balaban J connectivity index is 2.79. The summed E-state index contributed by atoms with van der Waals surface area (Å²) >= 11 is 3.40. The molecule has 56 valence electrons. The smallest absolute Gasteiger partial charge is 0.0665 e. The first-order chi connectivity index (χ1) is 5.42. The van der Waals surface area contributed by atoms with Crippen LogP contribution in [0.4, 0.5) is 0 Å². The average Bonchev–Trinajstić information content (AvgIpc) is 2.50. The van der Waals surface area contributed by atoms with Crippen molar-refractivity contribution in [2.75, 3.05) is 0 Å². The van der Waals surface area contributed by atoms with Gasteiger partial charge in [-0.15, -0.1) is 0 Å². The summed E-state index contributed by atoms with van der Waals surface area (Å²) in [6.07, 6.45) is 1.81. The SMILES string of the molecule is BrCc1cccc2ccnn12. The van der Waals surface area contributed by atoms with Crippen LogP contribution >= 0.6 is 15.9 Å². The Hall–Kier alpha value is -0.830. The zero-order valence-electron chi connectivity index (χ0n) is 5.87. The summed E-state index contributed by atoms with van der Waals surface area (Å²) in [6, 6.07) is 8.12. The maximum Gasteiger partial charge on any atom is 0.0665 e. The number of hydrogen-bond donors (Lipinski definition) is 0. The van der Waals surface area contributed by atoms with Gasteiger partial charge in [0.15, 0.2) is 0 Å². The zero-order chi connectivity index (χ0) is 7.68. The van der Waals surface area contributed by atoms with Crippen LogP contribution in [0.25, 0.3) is 5.52 Å². The molecule has 0 saturated heterocycles. The largest absolute Gasteiger partial charge is 0.237 e. The second kappa shape index (κ2) is 2.66. The molecule has 2 aromatic rings. The molecule has 11 heavy (non-hydrogen) atoms. The quantitative estimate of drug-likeness (QED) is 0.661. The van der Waals surface area contributed by atoms with E-state index in [1.165, 1.54) is 5.69 Å². The normalized spacial score (nSPS) is 10.6. The molecule has 0 fully saturated rings. The van der Waals surface area contributed by atoms with Gasteiger partial charge in [-0.2, -0.15) is 5.10 Å². The molecule has 0 aliphatic heterocycles. The summed E-state index contributed by atoms with van der Waals surface area (Å²) < 4.78 is 1.93. The van der Waals surface area contributed by atoms with E-state index in [9.17, 15) is 0 Å². The zero-order valence-corrected chi connectivity index (χ0v) is 7.45. The molecule has 0 N–H and O–H groups in total. The van der Waals surface area contributed by atoms with Gasteiger partial charge in [0.1, 0.15) is 0 Å². The fourth-order valence-corrected chi connectivity index (χ4v) is 1.53. The maximum atomic E-state index is 4.18. The first kappa shape index (κ1) is 6.85. The van der Waals surface area contributed by atoms with Crippen molar-refractivity contribution >= 4 is 21.4 Å². The van der Waals surface area contributed by atoms with E-state index in [2.05, 4.69) is 27.1 Å². The van der Waals surface area contributed by atoms with E-state index in [0.717, 1.165) is 10.8 Å². The van der Waals surface area contributed by atoms with Crippen LogP contribution in [0.15, 0.2) is 30.5 Å². The molecule has 0 bridgehead atoms. The molecule has 2 nitrogen and oxygen atoms in total. The Bertz CT molecular complexity index is 367. The molecule has 0 unspecified atom stereocenters. The predicted octanol–water partition coefficient (Wildman–Crippen LogP) is 2.23. The predicted molar refractivity (Wildman–Crippen MR) is 47.8 cm³/mol. The molecule has 3 heteroatoms. The van der Waals surface area contributed by atoms with Gasteiger partial charge in [0.2, 0.25) is 0 Å². The van der Waals surface area contributed by atoms with Crippen molar-refractivity contribution in [3.63, 3.8) is 0 Å². The number of nitrogens with zero attached hydrogens (tertiary/aromatic N) is 2. The number of pyridine rings is 1. The van der Waals surface area contributed by atoms with E-state index in [4.69, 9.17) is 0 Å². The van der Waals surface area contributed by atoms with Crippen LogP contribution in [-0.2, 0) is 5.33 Å². The summed E-state index contributed by atoms with van der Waals surface area (Å²) in [6.45, 7) is 0. The summed E-state index contributed by atoms with van der Waals surface area (Å²) in [4.78, 5) is 0. The Kier molecular flexibility index (Phi) is 1.66. The Morgan fingerprint density at radius 2 is 2.27 bits per heavy atom. The second-order valence-corrected chi connectivity index (χ2v) is 2.88. The van der Waals surface area contributed by atoms with Gasteiger partial charge in [-0.25, -0.2) is 4.52 Å². The molecule has 2 rings (SSSR count). The van der Waals surface area contributed by atoms with Crippen LogP contribution in [-0.4, -0.2) is 9.61 Å². The number of halogens is 1. The minimum atomic E-state index is 0.839. The minimum Gasteiger partial charge on any atom is -0.237 e. The molecule has 0 aliphatic rings. The standard InChI is InChI=1S/C8H7BrN2/c9-6-8-3-1-2-7-4-5-10-11(7)8/h1-5H,6H2. The molecule has 2 heterocycles. The molecule has 0 saturated carbocycles. The highest BCUT2D eigenvalue weighted by Crippen LogP contribution is 2.08. The van der Waals surface area contributed by atoms with Gasteiger partial charge in [0.05, 0.1) is 11.2 Å². The van der Waals surface area contributed by atoms with E-state index in [-0.39, 0.29) is 0 Å². The highest BCUT2D eigenvalue weighted by molar-refractivity contribution is 9.08. The van der Waals surface area contributed by atoms with Crippen LogP contribution in [0.1, 0.15) is 5.69 Å². The second-order valence-electron chi connectivity index (χ2n) is 2.32.